The second kappa shape index (κ2) is 9.30. The van der Waals surface area contributed by atoms with Crippen LogP contribution >= 0.6 is 0 Å². The molecule has 0 aromatic carbocycles. The first-order chi connectivity index (χ1) is 5.41. The van der Waals surface area contributed by atoms with Crippen molar-refractivity contribution < 1.29 is 14.2 Å². The van der Waals surface area contributed by atoms with E-state index in [0.717, 1.165) is 6.61 Å². The first-order valence-electron chi connectivity index (χ1n) is 3.87. The zero-order valence-corrected chi connectivity index (χ0v) is 7.21. The molecule has 0 unspecified atom stereocenters. The first-order valence-corrected chi connectivity index (χ1v) is 3.87. The lowest BCUT2D eigenvalue weighted by molar-refractivity contribution is 0.0903. The Bertz CT molecular complexity index is 91.3. The van der Waals surface area contributed by atoms with E-state index in [4.69, 9.17) is 14.2 Å². The van der Waals surface area contributed by atoms with E-state index in [9.17, 15) is 0 Å². The zero-order valence-electron chi connectivity index (χ0n) is 7.21. The minimum absolute atomic E-state index is 0.581. The van der Waals surface area contributed by atoms with Gasteiger partial charge in [0.15, 0.2) is 0 Å². The van der Waals surface area contributed by atoms with Crippen LogP contribution in [0.1, 0.15) is 13.8 Å². The molecule has 0 aromatic heterocycles. The van der Waals surface area contributed by atoms with Crippen molar-refractivity contribution in [3.05, 3.63) is 12.5 Å². The molecular formula is C8H16O3. The molecular weight excluding hydrogens is 144 g/mol. The molecule has 0 bridgehead atoms. The Kier molecular flexibility index (Phi) is 8.71. The molecule has 0 N–H and O–H groups in total. The van der Waals surface area contributed by atoms with Gasteiger partial charge in [-0.2, -0.15) is 0 Å². The van der Waals surface area contributed by atoms with Gasteiger partial charge in [-0.1, -0.05) is 0 Å². The smallest absolute Gasteiger partial charge is 0.117 e. The number of hydrogen-bond donors (Lipinski definition) is 0. The summed E-state index contributed by atoms with van der Waals surface area (Å²) in [5.74, 6) is 0. The van der Waals surface area contributed by atoms with Crippen LogP contribution in [0.4, 0.5) is 0 Å². The third-order valence-electron chi connectivity index (χ3n) is 0.964. The van der Waals surface area contributed by atoms with Gasteiger partial charge in [0.05, 0.1) is 13.2 Å². The first kappa shape index (κ1) is 10.3. The van der Waals surface area contributed by atoms with Crippen molar-refractivity contribution in [2.45, 2.75) is 13.8 Å². The quantitative estimate of drug-likeness (QED) is 0.417. The van der Waals surface area contributed by atoms with Crippen molar-refractivity contribution in [3.8, 4) is 0 Å². The Morgan fingerprint density at radius 1 is 0.909 bits per heavy atom. The highest BCUT2D eigenvalue weighted by atomic mass is 16.5. The Hall–Kier alpha value is -0.700. The molecule has 0 fully saturated rings. The summed E-state index contributed by atoms with van der Waals surface area (Å²) in [6, 6.07) is 0. The van der Waals surface area contributed by atoms with Crippen LogP contribution < -0.4 is 0 Å². The lowest BCUT2D eigenvalue weighted by Gasteiger charge is -2.00. The average Bonchev–Trinajstić information content (AvgIpc) is 2.03. The molecule has 3 heteroatoms. The molecule has 0 radical (unpaired) electrons. The maximum absolute atomic E-state index is 5.04. The van der Waals surface area contributed by atoms with Crippen LogP contribution in [0.3, 0.4) is 0 Å². The van der Waals surface area contributed by atoms with Crippen LogP contribution in [0.15, 0.2) is 12.5 Å². The largest absolute Gasteiger partial charge is 0.498 e. The summed E-state index contributed by atoms with van der Waals surface area (Å²) in [4.78, 5) is 0. The fourth-order valence-electron chi connectivity index (χ4n) is 0.494. The SMILES string of the molecule is CCO/C=C/OCCOCC. The van der Waals surface area contributed by atoms with Crippen LogP contribution in [-0.4, -0.2) is 26.4 Å². The molecule has 0 saturated carbocycles. The maximum atomic E-state index is 5.04. The van der Waals surface area contributed by atoms with Gasteiger partial charge >= 0.3 is 0 Å². The van der Waals surface area contributed by atoms with Crippen molar-refractivity contribution in [1.82, 2.24) is 0 Å². The van der Waals surface area contributed by atoms with Crippen LogP contribution in [0, 0.1) is 0 Å². The summed E-state index contributed by atoms with van der Waals surface area (Å²) < 4.78 is 14.9. The van der Waals surface area contributed by atoms with Crippen LogP contribution in [0.2, 0.25) is 0 Å². The third kappa shape index (κ3) is 9.30. The van der Waals surface area contributed by atoms with Gasteiger partial charge in [0.25, 0.3) is 0 Å². The van der Waals surface area contributed by atoms with E-state index in [1.165, 1.54) is 12.5 Å². The van der Waals surface area contributed by atoms with E-state index in [1.54, 1.807) is 0 Å². The molecule has 0 atom stereocenters. The van der Waals surface area contributed by atoms with E-state index in [2.05, 4.69) is 0 Å². The lowest BCUT2D eigenvalue weighted by Crippen LogP contribution is -2.00. The molecule has 0 spiro atoms. The summed E-state index contributed by atoms with van der Waals surface area (Å²) in [6.45, 7) is 6.49. The monoisotopic (exact) mass is 160 g/mol. The lowest BCUT2D eigenvalue weighted by atomic mass is 10.7. The maximum Gasteiger partial charge on any atom is 0.117 e. The standard InChI is InChI=1S/C8H16O3/c1-3-9-5-7-11-8-6-10-4-2/h5,7H,3-4,6,8H2,1-2H3/b7-5+. The van der Waals surface area contributed by atoms with Gasteiger partial charge in [-0.15, -0.1) is 0 Å². The predicted octanol–water partition coefficient (Wildman–Crippen LogP) is 1.55. The summed E-state index contributed by atoms with van der Waals surface area (Å²) in [6.07, 6.45) is 3.06. The van der Waals surface area contributed by atoms with Crippen LogP contribution in [0.5, 0.6) is 0 Å². The molecule has 0 aromatic rings. The molecule has 66 valence electrons. The average molecular weight is 160 g/mol. The Balaban J connectivity index is 2.89. The Labute approximate surface area is 67.9 Å². The minimum atomic E-state index is 0.581. The molecule has 3 nitrogen and oxygen atoms in total. The molecule has 0 heterocycles. The molecule has 0 rings (SSSR count). The van der Waals surface area contributed by atoms with Crippen molar-refractivity contribution in [2.75, 3.05) is 26.4 Å². The van der Waals surface area contributed by atoms with Gasteiger partial charge in [-0.05, 0) is 13.8 Å². The van der Waals surface area contributed by atoms with Crippen molar-refractivity contribution in [2.24, 2.45) is 0 Å². The van der Waals surface area contributed by atoms with Gasteiger partial charge < -0.3 is 14.2 Å². The molecule has 0 aliphatic rings. The van der Waals surface area contributed by atoms with Crippen molar-refractivity contribution in [1.29, 1.82) is 0 Å². The number of hydrogen-bond acceptors (Lipinski definition) is 3. The zero-order chi connectivity index (χ0) is 8.36. The number of ether oxygens (including phenoxy) is 3. The van der Waals surface area contributed by atoms with E-state index in [1.807, 2.05) is 13.8 Å². The topological polar surface area (TPSA) is 27.7 Å². The minimum Gasteiger partial charge on any atom is -0.498 e. The van der Waals surface area contributed by atoms with Crippen molar-refractivity contribution in [3.63, 3.8) is 0 Å². The Morgan fingerprint density at radius 3 is 2.27 bits per heavy atom. The van der Waals surface area contributed by atoms with E-state index in [0.29, 0.717) is 19.8 Å². The van der Waals surface area contributed by atoms with Gasteiger partial charge in [0, 0.05) is 6.61 Å². The highest BCUT2D eigenvalue weighted by Crippen LogP contribution is 1.81. The highest BCUT2D eigenvalue weighted by Gasteiger charge is 1.81. The van der Waals surface area contributed by atoms with Crippen LogP contribution in [0.25, 0.3) is 0 Å². The van der Waals surface area contributed by atoms with Gasteiger partial charge in [-0.25, -0.2) is 0 Å². The molecule has 0 saturated heterocycles. The van der Waals surface area contributed by atoms with Crippen LogP contribution in [-0.2, 0) is 14.2 Å². The molecule has 0 aliphatic heterocycles. The van der Waals surface area contributed by atoms with Crippen molar-refractivity contribution >= 4 is 0 Å². The third-order valence-corrected chi connectivity index (χ3v) is 0.964. The normalized spacial score (nSPS) is 10.4. The van der Waals surface area contributed by atoms with Gasteiger partial charge in [-0.3, -0.25) is 0 Å². The molecule has 0 amide bonds. The second-order valence-corrected chi connectivity index (χ2v) is 1.80. The fraction of sp³-hybridized carbons (Fsp3) is 0.750. The van der Waals surface area contributed by atoms with E-state index >= 15 is 0 Å². The summed E-state index contributed by atoms with van der Waals surface area (Å²) in [5.41, 5.74) is 0. The molecule has 0 aliphatic carbocycles. The van der Waals surface area contributed by atoms with Gasteiger partial charge in [0.2, 0.25) is 0 Å². The fourth-order valence-corrected chi connectivity index (χ4v) is 0.494. The second-order valence-electron chi connectivity index (χ2n) is 1.80. The summed E-state index contributed by atoms with van der Waals surface area (Å²) >= 11 is 0. The van der Waals surface area contributed by atoms with Gasteiger partial charge in [0.1, 0.15) is 19.1 Å². The predicted molar refractivity (Wildman–Crippen MR) is 43.2 cm³/mol. The highest BCUT2D eigenvalue weighted by molar-refractivity contribution is 4.59. The summed E-state index contributed by atoms with van der Waals surface area (Å²) in [5, 5.41) is 0. The summed E-state index contributed by atoms with van der Waals surface area (Å²) in [7, 11) is 0. The number of rotatable bonds is 7. The van der Waals surface area contributed by atoms with E-state index < -0.39 is 0 Å². The molecule has 11 heavy (non-hydrogen) atoms. The van der Waals surface area contributed by atoms with E-state index in [-0.39, 0.29) is 0 Å². The Morgan fingerprint density at radius 2 is 1.64 bits per heavy atom.